The minimum Gasteiger partial charge on any atom is -0.382 e. The van der Waals surface area contributed by atoms with E-state index in [1.807, 2.05) is 62.5 Å². The number of nitrogens with one attached hydrogen (secondary N) is 1. The van der Waals surface area contributed by atoms with Gasteiger partial charge in [-0.2, -0.15) is 9.78 Å². The minimum atomic E-state index is -4.02. The Balaban J connectivity index is 1.62. The van der Waals surface area contributed by atoms with Crippen molar-refractivity contribution < 1.29 is 8.42 Å². The predicted octanol–water partition coefficient (Wildman–Crippen LogP) is 4.98. The highest BCUT2D eigenvalue weighted by Gasteiger charge is 2.30. The molecule has 3 aromatic carbocycles. The van der Waals surface area contributed by atoms with Crippen molar-refractivity contribution in [2.75, 3.05) is 5.73 Å². The van der Waals surface area contributed by atoms with Gasteiger partial charge in [0.15, 0.2) is 5.65 Å². The monoisotopic (exact) mass is 494 g/mol. The lowest BCUT2D eigenvalue weighted by Crippen LogP contribution is -2.07. The number of nitrogens with zero attached hydrogens (tertiary/aromatic N) is 4. The van der Waals surface area contributed by atoms with Crippen molar-refractivity contribution in [2.24, 2.45) is 5.10 Å². The van der Waals surface area contributed by atoms with E-state index in [0.717, 1.165) is 27.6 Å². The number of benzene rings is 3. The maximum atomic E-state index is 13.9. The van der Waals surface area contributed by atoms with Crippen molar-refractivity contribution in [3.8, 4) is 0 Å². The van der Waals surface area contributed by atoms with Crippen LogP contribution in [0.4, 0.5) is 5.82 Å². The zero-order valence-corrected chi connectivity index (χ0v) is 20.4. The molecule has 0 radical (unpaired) electrons. The molecule has 6 rings (SSSR count). The van der Waals surface area contributed by atoms with Crippen molar-refractivity contribution in [2.45, 2.75) is 23.6 Å². The molecule has 3 heterocycles. The zero-order valence-electron chi connectivity index (χ0n) is 19.6. The summed E-state index contributed by atoms with van der Waals surface area (Å²) in [4.78, 5) is 12.6. The number of aryl methyl sites for hydroxylation is 2. The largest absolute Gasteiger partial charge is 0.382 e. The Bertz CT molecular complexity index is 1950. The lowest BCUT2D eigenvalue weighted by Gasteiger charge is -2.07. The summed E-state index contributed by atoms with van der Waals surface area (Å²) in [6, 6.07) is 20.1. The van der Waals surface area contributed by atoms with Gasteiger partial charge in [0.25, 0.3) is 0 Å². The summed E-state index contributed by atoms with van der Waals surface area (Å²) in [5.74, 6) is -0.0466. The van der Waals surface area contributed by atoms with Crippen LogP contribution in [0.25, 0.3) is 33.1 Å². The van der Waals surface area contributed by atoms with Gasteiger partial charge in [0.2, 0.25) is 9.84 Å². The number of rotatable bonds is 4. The molecular formula is C27H22N6O2S. The Kier molecular flexibility index (Phi) is 4.90. The van der Waals surface area contributed by atoms with Crippen LogP contribution < -0.4 is 5.73 Å². The van der Waals surface area contributed by atoms with Crippen molar-refractivity contribution >= 4 is 55.0 Å². The molecule has 8 nitrogen and oxygen atoms in total. The second kappa shape index (κ2) is 8.03. The van der Waals surface area contributed by atoms with E-state index in [0.29, 0.717) is 11.0 Å². The summed E-state index contributed by atoms with van der Waals surface area (Å²) in [6.07, 6.45) is 3.47. The average molecular weight is 495 g/mol. The van der Waals surface area contributed by atoms with Crippen LogP contribution in [-0.2, 0) is 9.84 Å². The molecule has 0 fully saturated rings. The number of fused-ring (bicyclic) bond motifs is 3. The fourth-order valence-electron chi connectivity index (χ4n) is 4.32. The molecule has 178 valence electrons. The highest BCUT2D eigenvalue weighted by Crippen LogP contribution is 2.35. The summed E-state index contributed by atoms with van der Waals surface area (Å²) < 4.78 is 29.1. The van der Waals surface area contributed by atoms with Gasteiger partial charge in [0, 0.05) is 22.7 Å². The lowest BCUT2D eigenvalue weighted by atomic mass is 10.1. The number of anilines is 1. The molecule has 36 heavy (non-hydrogen) atoms. The maximum Gasteiger partial charge on any atom is 0.212 e. The fraction of sp³-hybridized carbons (Fsp3) is 0.0741. The van der Waals surface area contributed by atoms with Gasteiger partial charge in [-0.25, -0.2) is 18.4 Å². The molecule has 0 spiro atoms. The summed E-state index contributed by atoms with van der Waals surface area (Å²) in [6.45, 7) is 3.81. The number of hydrogen-bond donors (Lipinski definition) is 2. The molecule has 9 heteroatoms. The fourth-order valence-corrected chi connectivity index (χ4v) is 5.89. The van der Waals surface area contributed by atoms with Crippen LogP contribution in [0.15, 0.2) is 87.8 Å². The Morgan fingerprint density at radius 2 is 1.67 bits per heavy atom. The van der Waals surface area contributed by atoms with E-state index in [1.54, 1.807) is 30.5 Å². The maximum absolute atomic E-state index is 13.9. The van der Waals surface area contributed by atoms with Crippen LogP contribution in [0.1, 0.15) is 16.7 Å². The highest BCUT2D eigenvalue weighted by molar-refractivity contribution is 7.92. The van der Waals surface area contributed by atoms with Crippen molar-refractivity contribution in [3.63, 3.8) is 0 Å². The first-order chi connectivity index (χ1) is 17.3. The van der Waals surface area contributed by atoms with Gasteiger partial charge in [-0.15, -0.1) is 0 Å². The lowest BCUT2D eigenvalue weighted by molar-refractivity contribution is 0.597. The molecule has 0 unspecified atom stereocenters. The molecule has 0 aliphatic rings. The van der Waals surface area contributed by atoms with Gasteiger partial charge in [0.1, 0.15) is 16.2 Å². The Morgan fingerprint density at radius 3 is 2.44 bits per heavy atom. The molecular weight excluding hydrogens is 472 g/mol. The summed E-state index contributed by atoms with van der Waals surface area (Å²) >= 11 is 0. The predicted molar refractivity (Wildman–Crippen MR) is 142 cm³/mol. The van der Waals surface area contributed by atoms with Gasteiger partial charge in [-0.3, -0.25) is 0 Å². The zero-order chi connectivity index (χ0) is 25.0. The molecule has 0 aliphatic carbocycles. The SMILES string of the molecule is Cc1ccc(S(=O)(=O)c2c(N)n(/N=C/c3c[nH]c4ccccc34)c3nc4ccccc4nc23)cc1C. The highest BCUT2D eigenvalue weighted by atomic mass is 32.2. The number of para-hydroxylation sites is 3. The summed E-state index contributed by atoms with van der Waals surface area (Å²) in [7, 11) is -4.02. The second-order valence-corrected chi connectivity index (χ2v) is 10.6. The quantitative estimate of drug-likeness (QED) is 0.335. The number of hydrogen-bond acceptors (Lipinski definition) is 6. The number of aromatic nitrogens is 4. The van der Waals surface area contributed by atoms with Gasteiger partial charge in [-0.1, -0.05) is 36.4 Å². The first-order valence-electron chi connectivity index (χ1n) is 11.3. The van der Waals surface area contributed by atoms with E-state index < -0.39 is 9.84 Å². The minimum absolute atomic E-state index is 0.0466. The third-order valence-electron chi connectivity index (χ3n) is 6.42. The molecule has 0 atom stereocenters. The van der Waals surface area contributed by atoms with Gasteiger partial charge >= 0.3 is 0 Å². The smallest absolute Gasteiger partial charge is 0.212 e. The Labute approximate surface area is 207 Å². The van der Waals surface area contributed by atoms with Gasteiger partial charge in [0.05, 0.1) is 22.1 Å². The van der Waals surface area contributed by atoms with E-state index in [2.05, 4.69) is 15.1 Å². The standard InChI is InChI=1S/C27H22N6O2S/c1-16-11-12-19(13-17(16)2)36(34,35)25-24-27(32-23-10-6-5-9-22(23)31-24)33(26(25)28)30-15-18-14-29-21-8-4-3-7-20(18)21/h3-15,29H,28H2,1-2H3/b30-15+. The molecule has 0 aliphatic heterocycles. The van der Waals surface area contributed by atoms with Crippen LogP contribution in [0.5, 0.6) is 0 Å². The molecule has 0 saturated heterocycles. The molecule has 3 aromatic heterocycles. The third kappa shape index (κ3) is 3.36. The first-order valence-corrected chi connectivity index (χ1v) is 12.8. The summed E-state index contributed by atoms with van der Waals surface area (Å²) in [5, 5.41) is 5.55. The average Bonchev–Trinajstić information content (AvgIpc) is 3.40. The molecule has 6 aromatic rings. The number of nitrogens with two attached hydrogens (primary N) is 1. The second-order valence-electron chi connectivity index (χ2n) is 8.69. The first kappa shape index (κ1) is 22.0. The summed E-state index contributed by atoms with van der Waals surface area (Å²) in [5.41, 5.74) is 11.8. The van der Waals surface area contributed by atoms with Crippen molar-refractivity contribution in [3.05, 3.63) is 89.6 Å². The van der Waals surface area contributed by atoms with E-state index in [9.17, 15) is 8.42 Å². The third-order valence-corrected chi connectivity index (χ3v) is 8.23. The van der Waals surface area contributed by atoms with Crippen molar-refractivity contribution in [1.82, 2.24) is 19.6 Å². The van der Waals surface area contributed by atoms with E-state index >= 15 is 0 Å². The number of H-pyrrole nitrogens is 1. The van der Waals surface area contributed by atoms with E-state index in [4.69, 9.17) is 10.7 Å². The van der Waals surface area contributed by atoms with Crippen LogP contribution in [0.2, 0.25) is 0 Å². The van der Waals surface area contributed by atoms with Gasteiger partial charge in [-0.05, 0) is 55.3 Å². The van der Waals surface area contributed by atoms with Crippen LogP contribution in [-0.4, -0.2) is 34.3 Å². The molecule has 0 amide bonds. The molecule has 0 saturated carbocycles. The number of aromatic amines is 1. The van der Waals surface area contributed by atoms with E-state index in [1.165, 1.54) is 4.68 Å². The Morgan fingerprint density at radius 1 is 0.944 bits per heavy atom. The number of sulfone groups is 1. The topological polar surface area (TPSA) is 119 Å². The Hall–Kier alpha value is -4.50. The van der Waals surface area contributed by atoms with Crippen molar-refractivity contribution in [1.29, 1.82) is 0 Å². The normalized spacial score (nSPS) is 12.4. The van der Waals surface area contributed by atoms with Crippen LogP contribution in [0, 0.1) is 13.8 Å². The van der Waals surface area contributed by atoms with Crippen LogP contribution >= 0.6 is 0 Å². The number of nitrogen functional groups attached to an aromatic ring is 1. The molecule has 0 bridgehead atoms. The van der Waals surface area contributed by atoms with Crippen LogP contribution in [0.3, 0.4) is 0 Å². The molecule has 3 N–H and O–H groups in total. The van der Waals surface area contributed by atoms with Gasteiger partial charge < -0.3 is 10.7 Å². The van der Waals surface area contributed by atoms with E-state index in [-0.39, 0.29) is 26.8 Å².